The normalized spacial score (nSPS) is 9.17. The van der Waals surface area contributed by atoms with Crippen LogP contribution in [0.25, 0.3) is 0 Å². The second kappa shape index (κ2) is 12.5. The molecule has 0 fully saturated rings. The first kappa shape index (κ1) is 26.9. The van der Waals surface area contributed by atoms with Crippen LogP contribution in [0.2, 0.25) is 0 Å². The number of hydrogen-bond acceptors (Lipinski definition) is 10. The van der Waals surface area contributed by atoms with Gasteiger partial charge in [0, 0.05) is 16.9 Å². The summed E-state index contributed by atoms with van der Waals surface area (Å²) in [5, 5.41) is 10.5. The van der Waals surface area contributed by atoms with E-state index < -0.39 is 23.9 Å². The number of hydrogen-bond donors (Lipinski definition) is 2. The third-order valence-electron chi connectivity index (χ3n) is 3.41. The summed E-state index contributed by atoms with van der Waals surface area (Å²) in [7, 11) is 3.71. The fourth-order valence-electron chi connectivity index (χ4n) is 2.13. The first-order valence-corrected chi connectivity index (χ1v) is 7.90. The average Bonchev–Trinajstić information content (AvgIpc) is 2.71. The van der Waals surface area contributed by atoms with Gasteiger partial charge in [0.2, 0.25) is 0 Å². The molecule has 0 unspecified atom stereocenters. The van der Waals surface area contributed by atoms with Crippen LogP contribution in [-0.2, 0) is 14.2 Å². The predicted octanol–water partition coefficient (Wildman–Crippen LogP) is -2.74. The Labute approximate surface area is 194 Å². The van der Waals surface area contributed by atoms with E-state index in [1.54, 1.807) is 0 Å². The third kappa shape index (κ3) is 7.74. The molecule has 0 aliphatic rings. The van der Waals surface area contributed by atoms with Crippen molar-refractivity contribution in [1.29, 1.82) is 0 Å². The topological polar surface area (TPSA) is 171 Å². The van der Waals surface area contributed by atoms with Crippen molar-refractivity contribution in [3.8, 4) is 0 Å². The Hall–Kier alpha value is -3.08. The maximum Gasteiger partial charge on any atom is 1.00 e. The molecule has 0 heterocycles. The van der Waals surface area contributed by atoms with E-state index in [0.29, 0.717) is 5.69 Å². The van der Waals surface area contributed by atoms with Crippen molar-refractivity contribution in [3.63, 3.8) is 0 Å². The zero-order valence-electron chi connectivity index (χ0n) is 16.9. The van der Waals surface area contributed by atoms with Crippen LogP contribution < -0.4 is 46.1 Å². The average molecular weight is 426 g/mol. The molecule has 0 amide bonds. The molecule has 0 aromatic heterocycles. The summed E-state index contributed by atoms with van der Waals surface area (Å²) in [4.78, 5) is 43.9. The summed E-state index contributed by atoms with van der Waals surface area (Å²) in [5.41, 5.74) is 11.8. The summed E-state index contributed by atoms with van der Waals surface area (Å²) < 4.78 is 13.4. The zero-order valence-corrected chi connectivity index (χ0v) is 18.9. The van der Waals surface area contributed by atoms with Gasteiger partial charge < -0.3 is 35.6 Å². The van der Waals surface area contributed by atoms with Crippen molar-refractivity contribution >= 4 is 35.3 Å². The molecule has 10 nitrogen and oxygen atoms in total. The van der Waals surface area contributed by atoms with Crippen molar-refractivity contribution in [3.05, 3.63) is 58.7 Å². The number of carboxylic acid groups (broad SMARTS) is 1. The first-order chi connectivity index (χ1) is 13.6. The second-order valence-corrected chi connectivity index (χ2v) is 5.45. The number of aromatic carboxylic acids is 1. The Balaban J connectivity index is 0.000000544. The molecular formula is C19H19N2NaO8. The van der Waals surface area contributed by atoms with Gasteiger partial charge in [0.1, 0.15) is 0 Å². The van der Waals surface area contributed by atoms with Gasteiger partial charge in [-0.25, -0.2) is 14.4 Å². The minimum Gasteiger partial charge on any atom is -0.545 e. The van der Waals surface area contributed by atoms with Gasteiger partial charge in [-0.1, -0.05) is 0 Å². The van der Waals surface area contributed by atoms with Crippen LogP contribution in [0.1, 0.15) is 41.4 Å². The number of carbonyl (C=O) groups is 4. The van der Waals surface area contributed by atoms with Crippen molar-refractivity contribution in [2.45, 2.75) is 0 Å². The van der Waals surface area contributed by atoms with E-state index in [2.05, 4.69) is 14.2 Å². The van der Waals surface area contributed by atoms with E-state index in [9.17, 15) is 24.3 Å². The third-order valence-corrected chi connectivity index (χ3v) is 3.41. The number of carboxylic acids is 1. The van der Waals surface area contributed by atoms with E-state index in [1.807, 2.05) is 0 Å². The number of esters is 3. The number of rotatable bonds is 4. The Morgan fingerprint density at radius 1 is 0.633 bits per heavy atom. The van der Waals surface area contributed by atoms with E-state index in [0.717, 1.165) is 6.07 Å². The molecule has 0 radical (unpaired) electrons. The van der Waals surface area contributed by atoms with Crippen molar-refractivity contribution < 1.29 is 68.1 Å². The Bertz CT molecular complexity index is 912. The van der Waals surface area contributed by atoms with Crippen LogP contribution >= 0.6 is 0 Å². The summed E-state index contributed by atoms with van der Waals surface area (Å²) in [6.07, 6.45) is 0. The Morgan fingerprint density at radius 2 is 0.900 bits per heavy atom. The van der Waals surface area contributed by atoms with Crippen LogP contribution in [0.15, 0.2) is 36.4 Å². The molecule has 0 aliphatic heterocycles. The summed E-state index contributed by atoms with van der Waals surface area (Å²) >= 11 is 0. The number of carbonyl (C=O) groups excluding carboxylic acids is 4. The SMILES string of the molecule is COC(=O)c1cc(N)cc(C(=O)OC)c1.COC(=O)c1cc(N)cc(C(=O)[O-])c1.[Na+]. The number of nitrogens with two attached hydrogens (primary N) is 2. The van der Waals surface area contributed by atoms with Crippen LogP contribution in [0.3, 0.4) is 0 Å². The monoisotopic (exact) mass is 426 g/mol. The standard InChI is InChI=1S/C10H11NO4.C9H9NO4.Na/c1-14-9(12)6-3-7(10(13)15-2)5-8(11)4-6;1-14-9(13)6-2-5(8(11)12)3-7(10)4-6;/h3-5H,11H2,1-2H3;2-4H,10H2,1H3,(H,11,12);/q;;+1/p-1. The van der Waals surface area contributed by atoms with Gasteiger partial charge >= 0.3 is 47.5 Å². The fraction of sp³-hybridized carbons (Fsp3) is 0.158. The number of nitrogen functional groups attached to an aromatic ring is 2. The second-order valence-electron chi connectivity index (χ2n) is 5.45. The molecule has 30 heavy (non-hydrogen) atoms. The maximum absolute atomic E-state index is 11.2. The van der Waals surface area contributed by atoms with Gasteiger partial charge in [0.05, 0.1) is 44.0 Å². The molecule has 11 heteroatoms. The quantitative estimate of drug-likeness (QED) is 0.226. The van der Waals surface area contributed by atoms with E-state index >= 15 is 0 Å². The first-order valence-electron chi connectivity index (χ1n) is 7.90. The number of ether oxygens (including phenoxy) is 3. The molecule has 2 aromatic rings. The molecule has 2 rings (SSSR count). The van der Waals surface area contributed by atoms with Gasteiger partial charge in [-0.2, -0.15) is 0 Å². The number of benzene rings is 2. The van der Waals surface area contributed by atoms with Gasteiger partial charge in [0.25, 0.3) is 0 Å². The smallest absolute Gasteiger partial charge is 0.545 e. The Morgan fingerprint density at radius 3 is 1.17 bits per heavy atom. The molecule has 4 N–H and O–H groups in total. The molecular weight excluding hydrogens is 407 g/mol. The number of anilines is 2. The summed E-state index contributed by atoms with van der Waals surface area (Å²) in [5.74, 6) is -3.12. The van der Waals surface area contributed by atoms with Gasteiger partial charge in [-0.3, -0.25) is 0 Å². The van der Waals surface area contributed by atoms with Crippen LogP contribution in [0, 0.1) is 0 Å². The van der Waals surface area contributed by atoms with Crippen LogP contribution in [0.5, 0.6) is 0 Å². The maximum atomic E-state index is 11.2. The number of methoxy groups -OCH3 is 3. The van der Waals surface area contributed by atoms with Crippen molar-refractivity contribution in [1.82, 2.24) is 0 Å². The molecule has 0 atom stereocenters. The Kier molecular flexibility index (Phi) is 11.2. The fourth-order valence-corrected chi connectivity index (χ4v) is 2.13. The van der Waals surface area contributed by atoms with E-state index in [1.165, 1.54) is 51.7 Å². The summed E-state index contributed by atoms with van der Waals surface area (Å²) in [6.45, 7) is 0. The molecule has 0 spiro atoms. The largest absolute Gasteiger partial charge is 1.00 e. The predicted molar refractivity (Wildman–Crippen MR) is 100 cm³/mol. The molecule has 0 saturated heterocycles. The van der Waals surface area contributed by atoms with Crippen LogP contribution in [-0.4, -0.2) is 45.2 Å². The molecule has 2 aromatic carbocycles. The van der Waals surface area contributed by atoms with E-state index in [-0.39, 0.29) is 57.5 Å². The van der Waals surface area contributed by atoms with Crippen molar-refractivity contribution in [2.24, 2.45) is 0 Å². The molecule has 0 saturated carbocycles. The van der Waals surface area contributed by atoms with Gasteiger partial charge in [-0.05, 0) is 36.4 Å². The van der Waals surface area contributed by atoms with Crippen molar-refractivity contribution in [2.75, 3.05) is 32.8 Å². The van der Waals surface area contributed by atoms with Gasteiger partial charge in [-0.15, -0.1) is 0 Å². The molecule has 0 bridgehead atoms. The minimum absolute atomic E-state index is 0. The summed E-state index contributed by atoms with van der Waals surface area (Å²) in [6, 6.07) is 7.92. The molecule has 0 aliphatic carbocycles. The van der Waals surface area contributed by atoms with Crippen LogP contribution in [0.4, 0.5) is 11.4 Å². The zero-order chi connectivity index (χ0) is 22.1. The van der Waals surface area contributed by atoms with E-state index in [4.69, 9.17) is 11.5 Å². The minimum atomic E-state index is -1.39. The van der Waals surface area contributed by atoms with Gasteiger partial charge in [0.15, 0.2) is 0 Å². The molecule has 154 valence electrons.